The van der Waals surface area contributed by atoms with Gasteiger partial charge in [0.25, 0.3) is 5.91 Å². The number of anilines is 1. The average molecular weight is 488 g/mol. The number of amides is 1. The van der Waals surface area contributed by atoms with Gasteiger partial charge in [0.15, 0.2) is 15.0 Å². The monoisotopic (exact) mass is 487 g/mol. The first kappa shape index (κ1) is 22.2. The first-order valence-corrected chi connectivity index (χ1v) is 13.3. The molecule has 0 aliphatic heterocycles. The van der Waals surface area contributed by atoms with Crippen molar-refractivity contribution in [1.82, 2.24) is 9.97 Å². The summed E-state index contributed by atoms with van der Waals surface area (Å²) in [5, 5.41) is 4.08. The molecule has 0 unspecified atom stereocenters. The Morgan fingerprint density at radius 2 is 1.65 bits per heavy atom. The maximum atomic E-state index is 13.5. The number of nitrogens with one attached hydrogen (secondary N) is 1. The van der Waals surface area contributed by atoms with Crippen LogP contribution in [0.15, 0.2) is 71.6 Å². The fourth-order valence-corrected chi connectivity index (χ4v) is 5.56. The third-order valence-corrected chi connectivity index (χ3v) is 7.74. The van der Waals surface area contributed by atoms with Crippen molar-refractivity contribution in [3.63, 3.8) is 0 Å². The van der Waals surface area contributed by atoms with Crippen LogP contribution >= 0.6 is 11.3 Å². The van der Waals surface area contributed by atoms with Crippen LogP contribution in [0.1, 0.15) is 21.5 Å². The Morgan fingerprint density at radius 1 is 0.912 bits per heavy atom. The molecule has 170 valence electrons. The third-order valence-electron chi connectivity index (χ3n) is 5.70. The van der Waals surface area contributed by atoms with Crippen molar-refractivity contribution >= 4 is 53.3 Å². The van der Waals surface area contributed by atoms with Gasteiger partial charge < -0.3 is 0 Å². The van der Waals surface area contributed by atoms with E-state index >= 15 is 0 Å². The van der Waals surface area contributed by atoms with Gasteiger partial charge in [-0.3, -0.25) is 10.1 Å². The highest BCUT2D eigenvalue weighted by molar-refractivity contribution is 7.90. The molecule has 0 fully saturated rings. The number of fused-ring (bicyclic) bond motifs is 2. The lowest BCUT2D eigenvalue weighted by atomic mass is 9.97. The average Bonchev–Trinajstić information content (AvgIpc) is 3.20. The van der Waals surface area contributed by atoms with Crippen LogP contribution in [0.25, 0.3) is 32.4 Å². The van der Waals surface area contributed by atoms with Crippen molar-refractivity contribution in [2.24, 2.45) is 0 Å². The summed E-state index contributed by atoms with van der Waals surface area (Å²) in [5.41, 5.74) is 5.52. The van der Waals surface area contributed by atoms with Crippen LogP contribution in [-0.2, 0) is 9.84 Å². The molecule has 6 nitrogen and oxygen atoms in total. The Morgan fingerprint density at radius 3 is 2.38 bits per heavy atom. The number of thiazole rings is 1. The van der Waals surface area contributed by atoms with Gasteiger partial charge in [0, 0.05) is 17.2 Å². The van der Waals surface area contributed by atoms with E-state index in [0.29, 0.717) is 20.9 Å². The summed E-state index contributed by atoms with van der Waals surface area (Å²) in [6.07, 6.45) is 1.17. The highest BCUT2D eigenvalue weighted by Crippen LogP contribution is 2.32. The molecule has 3 aromatic carbocycles. The Bertz CT molecular complexity index is 1690. The number of rotatable bonds is 4. The zero-order valence-electron chi connectivity index (χ0n) is 18.8. The van der Waals surface area contributed by atoms with E-state index in [-0.39, 0.29) is 10.8 Å². The van der Waals surface area contributed by atoms with Gasteiger partial charge in [0.05, 0.1) is 31.9 Å². The van der Waals surface area contributed by atoms with Gasteiger partial charge in [-0.15, -0.1) is 0 Å². The number of nitrogens with zero attached hydrogens (tertiary/aromatic N) is 2. The number of hydrogen-bond acceptors (Lipinski definition) is 6. The Kier molecular flexibility index (Phi) is 5.42. The van der Waals surface area contributed by atoms with Gasteiger partial charge in [-0.25, -0.2) is 18.4 Å². The summed E-state index contributed by atoms with van der Waals surface area (Å²) in [4.78, 5) is 23.1. The number of sulfone groups is 1. The second-order valence-corrected chi connectivity index (χ2v) is 11.3. The molecule has 0 aliphatic carbocycles. The van der Waals surface area contributed by atoms with Crippen molar-refractivity contribution in [2.75, 3.05) is 11.6 Å². The van der Waals surface area contributed by atoms with Crippen molar-refractivity contribution in [3.8, 4) is 11.3 Å². The Balaban J connectivity index is 1.59. The third kappa shape index (κ3) is 4.06. The molecule has 0 atom stereocenters. The van der Waals surface area contributed by atoms with E-state index < -0.39 is 9.84 Å². The number of pyridine rings is 1. The molecular weight excluding hydrogens is 466 g/mol. The van der Waals surface area contributed by atoms with E-state index in [2.05, 4.69) is 10.3 Å². The molecule has 34 heavy (non-hydrogen) atoms. The van der Waals surface area contributed by atoms with Gasteiger partial charge in [-0.05, 0) is 43.7 Å². The molecule has 5 aromatic rings. The van der Waals surface area contributed by atoms with Gasteiger partial charge in [-0.2, -0.15) is 0 Å². The fourth-order valence-electron chi connectivity index (χ4n) is 3.94. The largest absolute Gasteiger partial charge is 0.298 e. The summed E-state index contributed by atoms with van der Waals surface area (Å²) in [7, 11) is -3.33. The van der Waals surface area contributed by atoms with Crippen molar-refractivity contribution < 1.29 is 13.2 Å². The summed E-state index contributed by atoms with van der Waals surface area (Å²) in [6.45, 7) is 3.93. The van der Waals surface area contributed by atoms with Crippen molar-refractivity contribution in [3.05, 3.63) is 83.4 Å². The van der Waals surface area contributed by atoms with Crippen LogP contribution in [0.5, 0.6) is 0 Å². The molecule has 0 radical (unpaired) electrons. The van der Waals surface area contributed by atoms with E-state index in [1.165, 1.54) is 23.7 Å². The molecule has 0 aliphatic rings. The minimum atomic E-state index is -3.33. The lowest BCUT2D eigenvalue weighted by molar-refractivity contribution is 0.102. The standard InChI is InChI=1S/C26H21N3O3S2/c1-15-8-10-17(11-9-15)24-16(2)23(19-6-4-5-7-20(19)27-24)25(30)29-26-28-21-13-12-18(34(3,31)32)14-22(21)33-26/h4-14H,1-3H3,(H,28,29,30). The lowest BCUT2D eigenvalue weighted by Gasteiger charge is -2.14. The number of aryl methyl sites for hydroxylation is 1. The number of carbonyl (C=O) groups excluding carboxylic acids is 1. The van der Waals surface area contributed by atoms with Crippen LogP contribution in [0.4, 0.5) is 5.13 Å². The van der Waals surface area contributed by atoms with Gasteiger partial charge in [-0.1, -0.05) is 59.4 Å². The Labute approximate surface area is 201 Å². The van der Waals surface area contributed by atoms with Crippen LogP contribution in [0.2, 0.25) is 0 Å². The number of hydrogen-bond donors (Lipinski definition) is 1. The van der Waals surface area contributed by atoms with Gasteiger partial charge >= 0.3 is 0 Å². The molecule has 2 heterocycles. The predicted molar refractivity (Wildman–Crippen MR) is 137 cm³/mol. The minimum Gasteiger partial charge on any atom is -0.298 e. The van der Waals surface area contributed by atoms with Crippen molar-refractivity contribution in [2.45, 2.75) is 18.7 Å². The topological polar surface area (TPSA) is 89.0 Å². The maximum absolute atomic E-state index is 13.5. The number of carbonyl (C=O) groups is 1. The molecule has 1 N–H and O–H groups in total. The zero-order valence-corrected chi connectivity index (χ0v) is 20.4. The smallest absolute Gasteiger partial charge is 0.258 e. The Hall–Kier alpha value is -3.62. The summed E-state index contributed by atoms with van der Waals surface area (Å²) >= 11 is 1.24. The van der Waals surface area contributed by atoms with E-state index in [9.17, 15) is 13.2 Å². The lowest BCUT2D eigenvalue weighted by Crippen LogP contribution is -2.15. The van der Waals surface area contributed by atoms with Gasteiger partial charge in [0.2, 0.25) is 0 Å². The molecule has 2 aromatic heterocycles. The quantitative estimate of drug-likeness (QED) is 0.347. The van der Waals surface area contributed by atoms with Crippen LogP contribution in [-0.4, -0.2) is 30.5 Å². The maximum Gasteiger partial charge on any atom is 0.258 e. The predicted octanol–water partition coefficient (Wildman–Crippen LogP) is 5.78. The summed E-state index contributed by atoms with van der Waals surface area (Å²) in [5.74, 6) is -0.285. The molecule has 5 rings (SSSR count). The SMILES string of the molecule is Cc1ccc(-c2nc3ccccc3c(C(=O)Nc3nc4ccc(S(C)(=O)=O)cc4s3)c2C)cc1. The zero-order chi connectivity index (χ0) is 24.0. The second-order valence-electron chi connectivity index (χ2n) is 8.22. The normalized spacial score (nSPS) is 11.7. The highest BCUT2D eigenvalue weighted by atomic mass is 32.2. The van der Waals surface area contributed by atoms with Crippen LogP contribution in [0, 0.1) is 13.8 Å². The summed E-state index contributed by atoms with van der Waals surface area (Å²) < 4.78 is 24.5. The minimum absolute atomic E-state index is 0.222. The fraction of sp³-hybridized carbons (Fsp3) is 0.115. The molecule has 0 saturated heterocycles. The molecule has 1 amide bonds. The summed E-state index contributed by atoms with van der Waals surface area (Å²) in [6, 6.07) is 20.4. The van der Waals surface area contributed by atoms with Gasteiger partial charge in [0.1, 0.15) is 0 Å². The van der Waals surface area contributed by atoms with E-state index in [4.69, 9.17) is 4.98 Å². The van der Waals surface area contributed by atoms with Crippen molar-refractivity contribution in [1.29, 1.82) is 0 Å². The van der Waals surface area contributed by atoms with Crippen LogP contribution in [0.3, 0.4) is 0 Å². The number of para-hydroxylation sites is 1. The van der Waals surface area contributed by atoms with E-state index in [0.717, 1.165) is 33.3 Å². The number of benzene rings is 3. The number of aromatic nitrogens is 2. The molecule has 0 bridgehead atoms. The molecule has 8 heteroatoms. The molecular formula is C26H21N3O3S2. The first-order chi connectivity index (χ1) is 16.2. The first-order valence-electron chi connectivity index (χ1n) is 10.6. The van der Waals surface area contributed by atoms with Crippen LogP contribution < -0.4 is 5.32 Å². The second kappa shape index (κ2) is 8.30. The van der Waals surface area contributed by atoms with E-state index in [1.54, 1.807) is 12.1 Å². The molecule has 0 saturated carbocycles. The van der Waals surface area contributed by atoms with E-state index in [1.807, 2.05) is 62.4 Å². The molecule has 0 spiro atoms. The highest BCUT2D eigenvalue weighted by Gasteiger charge is 2.20.